The molecule has 2 aromatic rings. The maximum atomic E-state index is 13.0. The van der Waals surface area contributed by atoms with Crippen LogP contribution in [-0.4, -0.2) is 18.9 Å². The molecular formula is C19H16ClFN2O. The fourth-order valence-electron chi connectivity index (χ4n) is 3.04. The lowest BCUT2D eigenvalue weighted by Gasteiger charge is -2.33. The molecule has 0 radical (unpaired) electrons. The number of halogens is 2. The Hall–Kier alpha value is -2.38. The number of benzene rings is 2. The van der Waals surface area contributed by atoms with Crippen molar-refractivity contribution in [2.24, 2.45) is 5.92 Å². The van der Waals surface area contributed by atoms with Crippen LogP contribution in [0.5, 0.6) is 0 Å². The molecule has 1 saturated heterocycles. The fourth-order valence-corrected chi connectivity index (χ4v) is 3.26. The second-order valence-corrected chi connectivity index (χ2v) is 6.32. The van der Waals surface area contributed by atoms with Gasteiger partial charge in [0.2, 0.25) is 0 Å². The molecule has 0 atom stereocenters. The van der Waals surface area contributed by atoms with Gasteiger partial charge in [-0.25, -0.2) is 4.39 Å². The van der Waals surface area contributed by atoms with E-state index in [4.69, 9.17) is 16.9 Å². The van der Waals surface area contributed by atoms with Crippen LogP contribution in [0, 0.1) is 23.1 Å². The van der Waals surface area contributed by atoms with Gasteiger partial charge in [0.1, 0.15) is 11.9 Å². The number of nitrogens with zero attached hydrogens (tertiary/aromatic N) is 2. The van der Waals surface area contributed by atoms with Gasteiger partial charge >= 0.3 is 0 Å². The molecule has 1 aliphatic heterocycles. The Balaban J connectivity index is 1.65. The monoisotopic (exact) mass is 342 g/mol. The summed E-state index contributed by atoms with van der Waals surface area (Å²) in [5.41, 5.74) is 1.99. The summed E-state index contributed by atoms with van der Waals surface area (Å²) >= 11 is 6.09. The number of carbonyl (C=O) groups excluding carboxylic acids is 1. The van der Waals surface area contributed by atoms with Crippen LogP contribution in [0.4, 0.5) is 10.1 Å². The van der Waals surface area contributed by atoms with Crippen LogP contribution in [0.3, 0.4) is 0 Å². The number of hydrogen-bond acceptors (Lipinski definition) is 3. The van der Waals surface area contributed by atoms with Gasteiger partial charge in [-0.3, -0.25) is 4.79 Å². The minimum atomic E-state index is -0.334. The Morgan fingerprint density at radius 2 is 1.83 bits per heavy atom. The molecule has 3 nitrogen and oxygen atoms in total. The van der Waals surface area contributed by atoms with Gasteiger partial charge in [-0.05, 0) is 55.3 Å². The van der Waals surface area contributed by atoms with E-state index in [-0.39, 0.29) is 17.5 Å². The summed E-state index contributed by atoms with van der Waals surface area (Å²) in [5.74, 6) is -0.299. The highest BCUT2D eigenvalue weighted by molar-refractivity contribution is 6.32. The second-order valence-electron chi connectivity index (χ2n) is 5.91. The van der Waals surface area contributed by atoms with Gasteiger partial charge in [0, 0.05) is 30.3 Å². The first-order chi connectivity index (χ1) is 11.6. The highest BCUT2D eigenvalue weighted by Gasteiger charge is 2.26. The number of carbonyl (C=O) groups is 1. The molecule has 1 aliphatic rings. The molecule has 2 aromatic carbocycles. The lowest BCUT2D eigenvalue weighted by Crippen LogP contribution is -2.36. The van der Waals surface area contributed by atoms with E-state index in [1.54, 1.807) is 24.3 Å². The zero-order chi connectivity index (χ0) is 17.1. The Morgan fingerprint density at radius 1 is 1.17 bits per heavy atom. The van der Waals surface area contributed by atoms with Crippen LogP contribution >= 0.6 is 11.6 Å². The minimum absolute atomic E-state index is 0.0411. The number of ketones is 1. The lowest BCUT2D eigenvalue weighted by atomic mass is 9.88. The number of rotatable bonds is 3. The Kier molecular flexibility index (Phi) is 4.82. The van der Waals surface area contributed by atoms with Gasteiger partial charge in [-0.2, -0.15) is 5.26 Å². The largest absolute Gasteiger partial charge is 0.371 e. The fraction of sp³-hybridized carbons (Fsp3) is 0.263. The SMILES string of the molecule is N#Cc1ccc(N2CCC(C(=O)c3ccc(F)cc3)CC2)cc1Cl. The predicted octanol–water partition coefficient (Wildman–Crippen LogP) is 4.45. The summed E-state index contributed by atoms with van der Waals surface area (Å²) in [7, 11) is 0. The van der Waals surface area contributed by atoms with Crippen molar-refractivity contribution in [2.45, 2.75) is 12.8 Å². The molecular weight excluding hydrogens is 327 g/mol. The van der Waals surface area contributed by atoms with Crippen LogP contribution in [0.2, 0.25) is 5.02 Å². The van der Waals surface area contributed by atoms with E-state index in [1.807, 2.05) is 12.1 Å². The molecule has 3 rings (SSSR count). The molecule has 1 fully saturated rings. The average Bonchev–Trinajstić information content (AvgIpc) is 2.62. The van der Waals surface area contributed by atoms with Crippen LogP contribution in [0.15, 0.2) is 42.5 Å². The van der Waals surface area contributed by atoms with Gasteiger partial charge in [-0.1, -0.05) is 11.6 Å². The van der Waals surface area contributed by atoms with Gasteiger partial charge < -0.3 is 4.90 Å². The average molecular weight is 343 g/mol. The smallest absolute Gasteiger partial charge is 0.166 e. The molecule has 0 aromatic heterocycles. The molecule has 0 bridgehead atoms. The maximum Gasteiger partial charge on any atom is 0.166 e. The predicted molar refractivity (Wildman–Crippen MR) is 91.8 cm³/mol. The van der Waals surface area contributed by atoms with E-state index in [1.165, 1.54) is 12.1 Å². The summed E-state index contributed by atoms with van der Waals surface area (Å²) in [6, 6.07) is 13.2. The van der Waals surface area contributed by atoms with Crippen molar-refractivity contribution in [2.75, 3.05) is 18.0 Å². The third-order valence-electron chi connectivity index (χ3n) is 4.43. The zero-order valence-corrected chi connectivity index (χ0v) is 13.8. The van der Waals surface area contributed by atoms with Gasteiger partial charge in [-0.15, -0.1) is 0 Å². The van der Waals surface area contributed by atoms with Crippen molar-refractivity contribution in [1.29, 1.82) is 5.26 Å². The van der Waals surface area contributed by atoms with E-state index in [9.17, 15) is 9.18 Å². The molecule has 0 spiro atoms. The Morgan fingerprint density at radius 3 is 2.42 bits per heavy atom. The van der Waals surface area contributed by atoms with Gasteiger partial charge in [0.25, 0.3) is 0 Å². The molecule has 24 heavy (non-hydrogen) atoms. The first-order valence-corrected chi connectivity index (χ1v) is 8.20. The number of anilines is 1. The molecule has 0 N–H and O–H groups in total. The molecule has 0 unspecified atom stereocenters. The third kappa shape index (κ3) is 3.42. The summed E-state index contributed by atoms with van der Waals surface area (Å²) in [6.07, 6.45) is 1.49. The van der Waals surface area contributed by atoms with E-state index >= 15 is 0 Å². The Bertz CT molecular complexity index is 790. The lowest BCUT2D eigenvalue weighted by molar-refractivity contribution is 0.0900. The molecule has 0 aliphatic carbocycles. The van der Waals surface area contributed by atoms with Crippen LogP contribution < -0.4 is 4.90 Å². The van der Waals surface area contributed by atoms with Crippen LogP contribution in [0.1, 0.15) is 28.8 Å². The zero-order valence-electron chi connectivity index (χ0n) is 13.0. The number of piperidine rings is 1. The summed E-state index contributed by atoms with van der Waals surface area (Å²) in [5, 5.41) is 9.38. The molecule has 0 amide bonds. The van der Waals surface area contributed by atoms with E-state index in [0.29, 0.717) is 16.1 Å². The quantitative estimate of drug-likeness (QED) is 0.774. The van der Waals surface area contributed by atoms with Crippen molar-refractivity contribution in [1.82, 2.24) is 0 Å². The minimum Gasteiger partial charge on any atom is -0.371 e. The van der Waals surface area contributed by atoms with Crippen LogP contribution in [0.25, 0.3) is 0 Å². The first-order valence-electron chi connectivity index (χ1n) is 7.83. The topological polar surface area (TPSA) is 44.1 Å². The van der Waals surface area contributed by atoms with Crippen molar-refractivity contribution >= 4 is 23.1 Å². The summed E-state index contributed by atoms with van der Waals surface area (Å²) < 4.78 is 13.0. The maximum absolute atomic E-state index is 13.0. The first kappa shape index (κ1) is 16.5. The third-order valence-corrected chi connectivity index (χ3v) is 4.75. The van der Waals surface area contributed by atoms with Crippen LogP contribution in [-0.2, 0) is 0 Å². The number of hydrogen-bond donors (Lipinski definition) is 0. The number of Topliss-reactive ketones (excluding diaryl/α,β-unsaturated/α-hetero) is 1. The molecule has 122 valence electrons. The normalized spacial score (nSPS) is 15.1. The standard InChI is InChI=1S/C19H16ClFN2O/c20-18-11-17(6-3-15(18)12-22)23-9-7-14(8-10-23)19(24)13-1-4-16(21)5-2-13/h1-6,11,14H,7-10H2. The molecule has 5 heteroatoms. The van der Waals surface area contributed by atoms with E-state index in [0.717, 1.165) is 31.6 Å². The van der Waals surface area contributed by atoms with Crippen molar-refractivity contribution in [3.8, 4) is 6.07 Å². The van der Waals surface area contributed by atoms with Crippen molar-refractivity contribution in [3.05, 3.63) is 64.4 Å². The Labute approximate surface area is 145 Å². The highest BCUT2D eigenvalue weighted by Crippen LogP contribution is 2.28. The second kappa shape index (κ2) is 7.02. The highest BCUT2D eigenvalue weighted by atomic mass is 35.5. The number of nitriles is 1. The molecule has 1 heterocycles. The van der Waals surface area contributed by atoms with Crippen molar-refractivity contribution < 1.29 is 9.18 Å². The molecule has 0 saturated carbocycles. The summed E-state index contributed by atoms with van der Waals surface area (Å²) in [4.78, 5) is 14.7. The van der Waals surface area contributed by atoms with Gasteiger partial charge in [0.05, 0.1) is 10.6 Å². The summed E-state index contributed by atoms with van der Waals surface area (Å²) in [6.45, 7) is 1.50. The van der Waals surface area contributed by atoms with Gasteiger partial charge in [0.15, 0.2) is 5.78 Å². The van der Waals surface area contributed by atoms with Crippen molar-refractivity contribution in [3.63, 3.8) is 0 Å². The van der Waals surface area contributed by atoms with E-state index < -0.39 is 0 Å². The van der Waals surface area contributed by atoms with E-state index in [2.05, 4.69) is 4.90 Å².